The maximum Gasteiger partial charge on any atom is 0.126 e. The summed E-state index contributed by atoms with van der Waals surface area (Å²) in [6, 6.07) is 6.87. The molecular weight excluding hydrogens is 205 g/mol. The van der Waals surface area contributed by atoms with E-state index < -0.39 is 0 Å². The highest BCUT2D eigenvalue weighted by molar-refractivity contribution is 5.17. The Balaban J connectivity index is 1.89. The summed E-state index contributed by atoms with van der Waals surface area (Å²) in [5, 5.41) is 13.0. The monoisotopic (exact) mass is 223 g/mol. The van der Waals surface area contributed by atoms with Crippen molar-refractivity contribution in [3.8, 4) is 0 Å². The summed E-state index contributed by atoms with van der Waals surface area (Å²) in [4.78, 5) is 0. The molecule has 2 nitrogen and oxygen atoms in total. The molecule has 1 heterocycles. The predicted molar refractivity (Wildman–Crippen MR) is 61.7 cm³/mol. The number of aliphatic hydroxyl groups is 1. The molecule has 0 aliphatic carbocycles. The molecule has 0 amide bonds. The average molecular weight is 223 g/mol. The van der Waals surface area contributed by atoms with Gasteiger partial charge in [0.05, 0.1) is 6.10 Å². The molecule has 2 atom stereocenters. The largest absolute Gasteiger partial charge is 0.393 e. The highest BCUT2D eigenvalue weighted by Crippen LogP contribution is 2.19. The van der Waals surface area contributed by atoms with Gasteiger partial charge in [0.25, 0.3) is 0 Å². The maximum atomic E-state index is 13.4. The van der Waals surface area contributed by atoms with E-state index in [1.165, 1.54) is 6.07 Å². The number of piperidine rings is 1. The van der Waals surface area contributed by atoms with Crippen molar-refractivity contribution in [1.82, 2.24) is 5.32 Å². The molecule has 16 heavy (non-hydrogen) atoms. The summed E-state index contributed by atoms with van der Waals surface area (Å²) in [5.74, 6) is 0.120. The summed E-state index contributed by atoms with van der Waals surface area (Å²) >= 11 is 0. The molecule has 3 heteroatoms. The van der Waals surface area contributed by atoms with Crippen LogP contribution in [0.15, 0.2) is 24.3 Å². The van der Waals surface area contributed by atoms with E-state index in [9.17, 15) is 9.50 Å². The average Bonchev–Trinajstić information content (AvgIpc) is 2.30. The molecule has 1 aliphatic heterocycles. The van der Waals surface area contributed by atoms with Gasteiger partial charge in [0.1, 0.15) is 5.82 Å². The van der Waals surface area contributed by atoms with E-state index in [0.29, 0.717) is 6.42 Å². The van der Waals surface area contributed by atoms with Crippen LogP contribution in [0.2, 0.25) is 0 Å². The molecule has 0 radical (unpaired) electrons. The lowest BCUT2D eigenvalue weighted by Gasteiger charge is -2.28. The zero-order valence-corrected chi connectivity index (χ0v) is 9.32. The van der Waals surface area contributed by atoms with Crippen LogP contribution in [-0.2, 0) is 6.42 Å². The SMILES string of the molecule is OC1CCNCC1CCc1ccccc1F. The minimum atomic E-state index is -0.229. The molecule has 2 unspecified atom stereocenters. The summed E-state index contributed by atoms with van der Waals surface area (Å²) < 4.78 is 13.4. The van der Waals surface area contributed by atoms with Crippen LogP contribution in [0.3, 0.4) is 0 Å². The van der Waals surface area contributed by atoms with Crippen molar-refractivity contribution in [3.05, 3.63) is 35.6 Å². The Morgan fingerprint density at radius 2 is 2.19 bits per heavy atom. The van der Waals surface area contributed by atoms with Crippen LogP contribution in [0.4, 0.5) is 4.39 Å². The van der Waals surface area contributed by atoms with Crippen molar-refractivity contribution in [3.63, 3.8) is 0 Å². The Morgan fingerprint density at radius 3 is 2.94 bits per heavy atom. The molecular formula is C13H18FNO. The van der Waals surface area contributed by atoms with E-state index >= 15 is 0 Å². The third-order valence-corrected chi connectivity index (χ3v) is 3.31. The van der Waals surface area contributed by atoms with Crippen molar-refractivity contribution in [2.24, 2.45) is 5.92 Å². The Bertz CT molecular complexity index is 342. The number of halogens is 1. The number of hydrogen-bond acceptors (Lipinski definition) is 2. The van der Waals surface area contributed by atoms with Gasteiger partial charge in [-0.3, -0.25) is 0 Å². The van der Waals surface area contributed by atoms with Gasteiger partial charge in [0.2, 0.25) is 0 Å². The lowest BCUT2D eigenvalue weighted by atomic mass is 9.90. The summed E-state index contributed by atoms with van der Waals surface area (Å²) in [6.07, 6.45) is 2.13. The molecule has 0 bridgehead atoms. The van der Waals surface area contributed by atoms with Crippen LogP contribution in [0.1, 0.15) is 18.4 Å². The fourth-order valence-electron chi connectivity index (χ4n) is 2.25. The van der Waals surface area contributed by atoms with Crippen LogP contribution in [0.5, 0.6) is 0 Å². The number of aliphatic hydroxyl groups excluding tert-OH is 1. The first-order valence-electron chi connectivity index (χ1n) is 5.89. The number of nitrogens with one attached hydrogen (secondary N) is 1. The van der Waals surface area contributed by atoms with Gasteiger partial charge in [-0.1, -0.05) is 18.2 Å². The van der Waals surface area contributed by atoms with Gasteiger partial charge < -0.3 is 10.4 Å². The van der Waals surface area contributed by atoms with E-state index in [0.717, 1.165) is 31.5 Å². The van der Waals surface area contributed by atoms with E-state index in [1.807, 2.05) is 12.1 Å². The van der Waals surface area contributed by atoms with Gasteiger partial charge >= 0.3 is 0 Å². The number of benzene rings is 1. The molecule has 1 aliphatic rings. The van der Waals surface area contributed by atoms with Crippen LogP contribution in [0.25, 0.3) is 0 Å². The molecule has 0 spiro atoms. The zero-order valence-electron chi connectivity index (χ0n) is 9.32. The third kappa shape index (κ3) is 2.80. The van der Waals surface area contributed by atoms with Crippen molar-refractivity contribution in [2.75, 3.05) is 13.1 Å². The van der Waals surface area contributed by atoms with Crippen LogP contribution in [-0.4, -0.2) is 24.3 Å². The van der Waals surface area contributed by atoms with Crippen molar-refractivity contribution >= 4 is 0 Å². The fourth-order valence-corrected chi connectivity index (χ4v) is 2.25. The fraction of sp³-hybridized carbons (Fsp3) is 0.538. The molecule has 1 saturated heterocycles. The van der Waals surface area contributed by atoms with Crippen LogP contribution < -0.4 is 5.32 Å². The van der Waals surface area contributed by atoms with Gasteiger partial charge in [-0.15, -0.1) is 0 Å². The molecule has 1 aromatic rings. The summed E-state index contributed by atoms with van der Waals surface area (Å²) in [6.45, 7) is 1.73. The van der Waals surface area contributed by atoms with Crippen molar-refractivity contribution in [2.45, 2.75) is 25.4 Å². The number of hydrogen-bond donors (Lipinski definition) is 2. The van der Waals surface area contributed by atoms with Gasteiger partial charge in [0, 0.05) is 6.54 Å². The molecule has 1 aromatic carbocycles. The second-order valence-electron chi connectivity index (χ2n) is 4.45. The lowest BCUT2D eigenvalue weighted by molar-refractivity contribution is 0.0746. The molecule has 0 aromatic heterocycles. The summed E-state index contributed by atoms with van der Waals surface area (Å²) in [7, 11) is 0. The van der Waals surface area contributed by atoms with Gasteiger partial charge in [-0.2, -0.15) is 0 Å². The Morgan fingerprint density at radius 1 is 1.38 bits per heavy atom. The van der Waals surface area contributed by atoms with Gasteiger partial charge in [-0.05, 0) is 43.4 Å². The number of aryl methyl sites for hydroxylation is 1. The van der Waals surface area contributed by atoms with Crippen molar-refractivity contribution < 1.29 is 9.50 Å². The topological polar surface area (TPSA) is 32.3 Å². The third-order valence-electron chi connectivity index (χ3n) is 3.31. The molecule has 2 N–H and O–H groups in total. The number of rotatable bonds is 3. The molecule has 1 fully saturated rings. The maximum absolute atomic E-state index is 13.4. The second kappa shape index (κ2) is 5.41. The first kappa shape index (κ1) is 11.6. The molecule has 88 valence electrons. The predicted octanol–water partition coefficient (Wildman–Crippen LogP) is 1.73. The van der Waals surface area contributed by atoms with E-state index in [1.54, 1.807) is 6.07 Å². The first-order chi connectivity index (χ1) is 7.77. The second-order valence-corrected chi connectivity index (χ2v) is 4.45. The van der Waals surface area contributed by atoms with Gasteiger partial charge in [0.15, 0.2) is 0 Å². The highest BCUT2D eigenvalue weighted by Gasteiger charge is 2.22. The smallest absolute Gasteiger partial charge is 0.126 e. The Labute approximate surface area is 95.5 Å². The van der Waals surface area contributed by atoms with E-state index in [-0.39, 0.29) is 17.8 Å². The van der Waals surface area contributed by atoms with Crippen LogP contribution in [0, 0.1) is 11.7 Å². The standard InChI is InChI=1S/C13H18FNO/c14-12-4-2-1-3-10(12)5-6-11-9-15-8-7-13(11)16/h1-4,11,13,15-16H,5-9H2. The lowest BCUT2D eigenvalue weighted by Crippen LogP contribution is -2.40. The molecule has 2 rings (SSSR count). The highest BCUT2D eigenvalue weighted by atomic mass is 19.1. The quantitative estimate of drug-likeness (QED) is 0.818. The van der Waals surface area contributed by atoms with Crippen molar-refractivity contribution in [1.29, 1.82) is 0 Å². The van der Waals surface area contributed by atoms with E-state index in [2.05, 4.69) is 5.32 Å². The molecule has 0 saturated carbocycles. The Kier molecular flexibility index (Phi) is 3.91. The first-order valence-corrected chi connectivity index (χ1v) is 5.89. The minimum absolute atomic E-state index is 0.138. The van der Waals surface area contributed by atoms with E-state index in [4.69, 9.17) is 0 Å². The minimum Gasteiger partial charge on any atom is -0.393 e. The normalized spacial score (nSPS) is 25.6. The zero-order chi connectivity index (χ0) is 11.4. The van der Waals surface area contributed by atoms with Crippen LogP contribution >= 0.6 is 0 Å². The van der Waals surface area contributed by atoms with Gasteiger partial charge in [-0.25, -0.2) is 4.39 Å². The Hall–Kier alpha value is -0.930. The summed E-state index contributed by atoms with van der Waals surface area (Å²) in [5.41, 5.74) is 0.750.